The molecule has 228 valence electrons. The summed E-state index contributed by atoms with van der Waals surface area (Å²) >= 11 is 0. The first-order chi connectivity index (χ1) is 19.6. The van der Waals surface area contributed by atoms with Gasteiger partial charge in [0.25, 0.3) is 0 Å². The molecule has 0 aliphatic carbocycles. The predicted molar refractivity (Wildman–Crippen MR) is 157 cm³/mol. The van der Waals surface area contributed by atoms with Crippen molar-refractivity contribution in [3.8, 4) is 0 Å². The molecule has 1 aromatic rings. The van der Waals surface area contributed by atoms with Crippen LogP contribution in [-0.2, 0) is 30.3 Å². The van der Waals surface area contributed by atoms with E-state index in [9.17, 15) is 19.2 Å². The lowest BCUT2D eigenvalue weighted by molar-refractivity contribution is -0.148. The molecule has 1 N–H and O–H groups in total. The zero-order chi connectivity index (χ0) is 29.8. The van der Waals surface area contributed by atoms with Gasteiger partial charge in [0, 0.05) is 32.6 Å². The van der Waals surface area contributed by atoms with E-state index < -0.39 is 17.6 Å². The third kappa shape index (κ3) is 11.0. The predicted octanol–water partition coefficient (Wildman–Crippen LogP) is 4.72. The molecule has 2 heterocycles. The molecule has 2 saturated heterocycles. The Hall–Kier alpha value is -3.10. The van der Waals surface area contributed by atoms with Gasteiger partial charge in [0.05, 0.1) is 12.5 Å². The van der Waals surface area contributed by atoms with E-state index in [1.807, 2.05) is 39.0 Å². The van der Waals surface area contributed by atoms with Crippen LogP contribution in [0, 0.1) is 11.8 Å². The number of likely N-dealkylation sites (tertiary alicyclic amines) is 2. The highest BCUT2D eigenvalue weighted by molar-refractivity contribution is 5.86. The summed E-state index contributed by atoms with van der Waals surface area (Å²) in [5.74, 6) is -0.467. The van der Waals surface area contributed by atoms with Gasteiger partial charge in [0.1, 0.15) is 11.6 Å². The molecular weight excluding hydrogens is 522 g/mol. The number of piperidine rings is 2. The third-order valence-electron chi connectivity index (χ3n) is 7.87. The molecule has 2 aliphatic rings. The molecule has 2 aliphatic heterocycles. The summed E-state index contributed by atoms with van der Waals surface area (Å²) in [6.45, 7) is 9.93. The Balaban J connectivity index is 1.43. The lowest BCUT2D eigenvalue weighted by atomic mass is 9.91. The Kier molecular flexibility index (Phi) is 12.5. The number of carbonyl (C=O) groups excluding carboxylic acids is 4. The van der Waals surface area contributed by atoms with Crippen LogP contribution >= 0.6 is 0 Å². The number of hydrogen-bond donors (Lipinski definition) is 1. The highest BCUT2D eigenvalue weighted by Crippen LogP contribution is 2.25. The smallest absolute Gasteiger partial charge is 0.410 e. The van der Waals surface area contributed by atoms with Crippen molar-refractivity contribution in [2.75, 3.05) is 32.8 Å². The molecule has 9 nitrogen and oxygen atoms in total. The van der Waals surface area contributed by atoms with E-state index in [1.54, 1.807) is 16.7 Å². The third-order valence-corrected chi connectivity index (χ3v) is 7.87. The first-order valence-electron chi connectivity index (χ1n) is 15.3. The molecule has 2 fully saturated rings. The average Bonchev–Trinajstić information content (AvgIpc) is 2.95. The van der Waals surface area contributed by atoms with Gasteiger partial charge in [-0.05, 0) is 90.5 Å². The molecule has 2 atom stereocenters. The van der Waals surface area contributed by atoms with Gasteiger partial charge in [-0.1, -0.05) is 30.3 Å². The van der Waals surface area contributed by atoms with Crippen LogP contribution in [0.15, 0.2) is 30.3 Å². The summed E-state index contributed by atoms with van der Waals surface area (Å²) in [5, 5.41) is 2.93. The van der Waals surface area contributed by atoms with Crippen molar-refractivity contribution in [1.29, 1.82) is 0 Å². The standard InChI is InChI=1S/C32H49N3O6/c1-5-40-30(38)27(15-9-13-24-11-7-6-8-12-24)33-29(37)26-14-10-20-35(23-26)28(36)17-16-25-18-21-34(22-19-25)31(39)41-32(2,3)4/h6-8,11-12,25-27H,5,9-10,13-23H2,1-4H3,(H,33,37)/t26-,27+/m1/s1. The normalized spacial score (nSPS) is 18.9. The van der Waals surface area contributed by atoms with E-state index in [1.165, 1.54) is 5.56 Å². The van der Waals surface area contributed by atoms with E-state index in [0.29, 0.717) is 51.4 Å². The lowest BCUT2D eigenvalue weighted by Gasteiger charge is -2.35. The van der Waals surface area contributed by atoms with E-state index in [4.69, 9.17) is 9.47 Å². The number of benzene rings is 1. The molecule has 0 aromatic heterocycles. The van der Waals surface area contributed by atoms with Crippen molar-refractivity contribution in [3.63, 3.8) is 0 Å². The second kappa shape index (κ2) is 15.8. The maximum atomic E-state index is 13.2. The summed E-state index contributed by atoms with van der Waals surface area (Å²) < 4.78 is 10.7. The van der Waals surface area contributed by atoms with Crippen LogP contribution in [0.3, 0.4) is 0 Å². The van der Waals surface area contributed by atoms with Crippen LogP contribution < -0.4 is 5.32 Å². The molecule has 41 heavy (non-hydrogen) atoms. The molecule has 3 rings (SSSR count). The Morgan fingerprint density at radius 1 is 1.00 bits per heavy atom. The van der Waals surface area contributed by atoms with Gasteiger partial charge < -0.3 is 24.6 Å². The Morgan fingerprint density at radius 2 is 1.71 bits per heavy atom. The Morgan fingerprint density at radius 3 is 2.37 bits per heavy atom. The fraction of sp³-hybridized carbons (Fsp3) is 0.688. The zero-order valence-corrected chi connectivity index (χ0v) is 25.4. The van der Waals surface area contributed by atoms with Gasteiger partial charge in [-0.15, -0.1) is 0 Å². The molecule has 0 bridgehead atoms. The van der Waals surface area contributed by atoms with Gasteiger partial charge in [-0.2, -0.15) is 0 Å². The maximum absolute atomic E-state index is 13.2. The molecule has 0 saturated carbocycles. The largest absolute Gasteiger partial charge is 0.464 e. The van der Waals surface area contributed by atoms with Crippen LogP contribution in [0.2, 0.25) is 0 Å². The maximum Gasteiger partial charge on any atom is 0.410 e. The van der Waals surface area contributed by atoms with Gasteiger partial charge >= 0.3 is 12.1 Å². The van der Waals surface area contributed by atoms with Gasteiger partial charge in [-0.25, -0.2) is 9.59 Å². The number of nitrogens with zero attached hydrogens (tertiary/aromatic N) is 2. The minimum Gasteiger partial charge on any atom is -0.464 e. The second-order valence-corrected chi connectivity index (χ2v) is 12.3. The van der Waals surface area contributed by atoms with E-state index >= 15 is 0 Å². The monoisotopic (exact) mass is 571 g/mol. The fourth-order valence-electron chi connectivity index (χ4n) is 5.57. The van der Waals surface area contributed by atoms with Crippen molar-refractivity contribution in [3.05, 3.63) is 35.9 Å². The van der Waals surface area contributed by atoms with Crippen molar-refractivity contribution in [2.24, 2.45) is 11.8 Å². The first kappa shape index (κ1) is 32.4. The summed E-state index contributed by atoms with van der Waals surface area (Å²) in [7, 11) is 0. The topological polar surface area (TPSA) is 105 Å². The van der Waals surface area contributed by atoms with E-state index in [-0.39, 0.29) is 30.4 Å². The Labute approximate surface area is 245 Å². The Bertz CT molecular complexity index is 1000. The summed E-state index contributed by atoms with van der Waals surface area (Å²) in [6.07, 6.45) is 6.19. The molecular formula is C32H49N3O6. The van der Waals surface area contributed by atoms with Crippen molar-refractivity contribution in [2.45, 2.75) is 97.1 Å². The number of carbonyl (C=O) groups is 4. The van der Waals surface area contributed by atoms with Gasteiger partial charge in [0.15, 0.2) is 0 Å². The van der Waals surface area contributed by atoms with Crippen LogP contribution in [0.5, 0.6) is 0 Å². The number of nitrogens with one attached hydrogen (secondary N) is 1. The summed E-state index contributed by atoms with van der Waals surface area (Å²) in [4.78, 5) is 54.7. The molecule has 0 radical (unpaired) electrons. The van der Waals surface area contributed by atoms with Crippen molar-refractivity contribution in [1.82, 2.24) is 15.1 Å². The molecule has 9 heteroatoms. The number of hydrogen-bond acceptors (Lipinski definition) is 6. The molecule has 1 aromatic carbocycles. The summed E-state index contributed by atoms with van der Waals surface area (Å²) in [5.41, 5.74) is 0.683. The lowest BCUT2D eigenvalue weighted by Crippen LogP contribution is -2.49. The number of rotatable bonds is 11. The van der Waals surface area contributed by atoms with E-state index in [2.05, 4.69) is 17.4 Å². The van der Waals surface area contributed by atoms with Crippen LogP contribution in [0.25, 0.3) is 0 Å². The molecule has 3 amide bonds. The minimum atomic E-state index is -0.691. The minimum absolute atomic E-state index is 0.0712. The SMILES string of the molecule is CCOC(=O)[C@H](CCCc1ccccc1)NC(=O)[C@@H]1CCCN(C(=O)CCC2CCN(C(=O)OC(C)(C)C)CC2)C1. The van der Waals surface area contributed by atoms with Gasteiger partial charge in [-0.3, -0.25) is 9.59 Å². The van der Waals surface area contributed by atoms with Gasteiger partial charge in [0.2, 0.25) is 11.8 Å². The van der Waals surface area contributed by atoms with Crippen molar-refractivity contribution < 1.29 is 28.7 Å². The quantitative estimate of drug-likeness (QED) is 0.385. The number of esters is 1. The van der Waals surface area contributed by atoms with Crippen molar-refractivity contribution >= 4 is 23.9 Å². The zero-order valence-electron chi connectivity index (χ0n) is 25.4. The number of amides is 3. The molecule has 0 unspecified atom stereocenters. The highest BCUT2D eigenvalue weighted by Gasteiger charge is 2.32. The number of aryl methyl sites for hydroxylation is 1. The second-order valence-electron chi connectivity index (χ2n) is 12.3. The van der Waals surface area contributed by atoms with Crippen LogP contribution in [0.1, 0.15) is 84.6 Å². The average molecular weight is 572 g/mol. The van der Waals surface area contributed by atoms with E-state index in [0.717, 1.165) is 38.5 Å². The highest BCUT2D eigenvalue weighted by atomic mass is 16.6. The fourth-order valence-corrected chi connectivity index (χ4v) is 5.57. The molecule has 0 spiro atoms. The summed E-state index contributed by atoms with van der Waals surface area (Å²) in [6, 6.07) is 9.37. The van der Waals surface area contributed by atoms with Crippen LogP contribution in [-0.4, -0.2) is 78.1 Å². The first-order valence-corrected chi connectivity index (χ1v) is 15.3. The number of ether oxygens (including phenoxy) is 2. The van der Waals surface area contributed by atoms with Crippen LogP contribution in [0.4, 0.5) is 4.79 Å².